The van der Waals surface area contributed by atoms with Crippen LogP contribution in [0.15, 0.2) is 41.7 Å². The van der Waals surface area contributed by atoms with Crippen molar-refractivity contribution in [2.24, 2.45) is 5.92 Å². The van der Waals surface area contributed by atoms with Gasteiger partial charge in [0.1, 0.15) is 0 Å². The number of hydrogen-bond donors (Lipinski definition) is 0. The first-order valence-electron chi connectivity index (χ1n) is 9.95. The number of imidazole rings is 1. The third-order valence-corrected chi connectivity index (χ3v) is 6.27. The van der Waals surface area contributed by atoms with Gasteiger partial charge in [-0.1, -0.05) is 30.3 Å². The second-order valence-corrected chi connectivity index (χ2v) is 9.52. The summed E-state index contributed by atoms with van der Waals surface area (Å²) < 4.78 is 31.1. The summed E-state index contributed by atoms with van der Waals surface area (Å²) in [5, 5.41) is 0.0949. The van der Waals surface area contributed by atoms with Crippen LogP contribution in [-0.4, -0.2) is 61.7 Å². The Labute approximate surface area is 172 Å². The third kappa shape index (κ3) is 5.52. The van der Waals surface area contributed by atoms with Gasteiger partial charge in [0.15, 0.2) is 5.78 Å². The minimum absolute atomic E-state index is 0.0367. The fraction of sp³-hybridized carbons (Fsp3) is 0.524. The molecule has 1 aliphatic heterocycles. The molecular formula is C21H29N3O4S. The number of Topliss-reactive ketones (excluding diaryl/α,β-unsaturated/α-hetero) is 1. The number of carbonyl (C=O) groups is 1. The van der Waals surface area contributed by atoms with Crippen LogP contribution in [-0.2, 0) is 27.7 Å². The lowest BCUT2D eigenvalue weighted by Crippen LogP contribution is -2.38. The Morgan fingerprint density at radius 2 is 2.03 bits per heavy atom. The number of hydrogen-bond acceptors (Lipinski definition) is 6. The van der Waals surface area contributed by atoms with Gasteiger partial charge in [-0.15, -0.1) is 0 Å². The summed E-state index contributed by atoms with van der Waals surface area (Å²) in [5.41, 5.74) is 1.61. The Morgan fingerprint density at radius 1 is 1.28 bits per heavy atom. The van der Waals surface area contributed by atoms with Gasteiger partial charge in [-0.3, -0.25) is 9.69 Å². The molecule has 0 saturated carbocycles. The lowest BCUT2D eigenvalue weighted by atomic mass is 9.90. The van der Waals surface area contributed by atoms with Gasteiger partial charge in [0, 0.05) is 51.1 Å². The van der Waals surface area contributed by atoms with E-state index in [0.29, 0.717) is 32.7 Å². The summed E-state index contributed by atoms with van der Waals surface area (Å²) in [5.74, 6) is 0.145. The molecule has 0 bridgehead atoms. The normalized spacial score (nSPS) is 18.1. The van der Waals surface area contributed by atoms with E-state index in [1.165, 1.54) is 6.26 Å². The largest absolute Gasteiger partial charge is 0.385 e. The van der Waals surface area contributed by atoms with Crippen molar-refractivity contribution in [2.75, 3.05) is 33.1 Å². The van der Waals surface area contributed by atoms with E-state index in [-0.39, 0.29) is 16.9 Å². The van der Waals surface area contributed by atoms with Crippen LogP contribution in [0.4, 0.5) is 0 Å². The Balaban J connectivity index is 1.73. The van der Waals surface area contributed by atoms with Crippen LogP contribution in [0, 0.1) is 5.92 Å². The second-order valence-electron chi connectivity index (χ2n) is 7.61. The molecule has 3 rings (SSSR count). The van der Waals surface area contributed by atoms with E-state index >= 15 is 0 Å². The third-order valence-electron chi connectivity index (χ3n) is 5.28. The van der Waals surface area contributed by atoms with E-state index in [1.807, 2.05) is 30.3 Å². The number of rotatable bonds is 9. The number of aromatic nitrogens is 2. The quantitative estimate of drug-likeness (QED) is 0.459. The molecule has 2 aromatic rings. The lowest BCUT2D eigenvalue weighted by Gasteiger charge is -2.32. The maximum Gasteiger partial charge on any atom is 0.227 e. The van der Waals surface area contributed by atoms with Gasteiger partial charge in [-0.05, 0) is 25.8 Å². The second kappa shape index (κ2) is 9.65. The predicted octanol–water partition coefficient (Wildman–Crippen LogP) is 2.42. The number of ketones is 1. The summed E-state index contributed by atoms with van der Waals surface area (Å²) >= 11 is 0. The number of ether oxygens (including phenoxy) is 1. The molecule has 1 aromatic carbocycles. The first kappa shape index (κ1) is 21.7. The van der Waals surface area contributed by atoms with E-state index in [2.05, 4.69) is 9.88 Å². The first-order valence-corrected chi connectivity index (χ1v) is 11.8. The van der Waals surface area contributed by atoms with Crippen molar-refractivity contribution in [1.29, 1.82) is 0 Å². The summed E-state index contributed by atoms with van der Waals surface area (Å²) in [6.45, 7) is 3.22. The molecule has 1 fully saturated rings. The zero-order valence-corrected chi connectivity index (χ0v) is 17.9. The van der Waals surface area contributed by atoms with Crippen molar-refractivity contribution in [1.82, 2.24) is 14.5 Å². The highest BCUT2D eigenvalue weighted by Gasteiger charge is 2.28. The number of sulfone groups is 1. The van der Waals surface area contributed by atoms with Gasteiger partial charge in [0.2, 0.25) is 15.0 Å². The molecule has 1 saturated heterocycles. The van der Waals surface area contributed by atoms with Crippen LogP contribution >= 0.6 is 0 Å². The summed E-state index contributed by atoms with van der Waals surface area (Å²) in [6, 6.07) is 9.42. The van der Waals surface area contributed by atoms with Crippen LogP contribution in [0.2, 0.25) is 0 Å². The molecule has 158 valence electrons. The number of benzene rings is 1. The fourth-order valence-electron chi connectivity index (χ4n) is 3.90. The average Bonchev–Trinajstić information content (AvgIpc) is 3.11. The Hall–Kier alpha value is -2.03. The molecule has 0 spiro atoms. The molecule has 1 aliphatic rings. The van der Waals surface area contributed by atoms with Crippen molar-refractivity contribution >= 4 is 15.6 Å². The molecular weight excluding hydrogens is 390 g/mol. The summed E-state index contributed by atoms with van der Waals surface area (Å²) in [4.78, 5) is 19.2. The first-order chi connectivity index (χ1) is 13.9. The average molecular weight is 420 g/mol. The van der Waals surface area contributed by atoms with E-state index in [1.54, 1.807) is 17.9 Å². The van der Waals surface area contributed by atoms with Crippen molar-refractivity contribution in [3.8, 4) is 0 Å². The zero-order valence-electron chi connectivity index (χ0n) is 17.1. The SMILES string of the molecule is COCCCn1c(CN2CCC[C@H](C(=O)c3ccccc3)C2)cnc1S(C)(=O)=O. The van der Waals surface area contributed by atoms with Crippen LogP contribution in [0.1, 0.15) is 35.3 Å². The van der Waals surface area contributed by atoms with Gasteiger partial charge in [-0.2, -0.15) is 0 Å². The van der Waals surface area contributed by atoms with Gasteiger partial charge in [0.05, 0.1) is 11.9 Å². The molecule has 1 aromatic heterocycles. The molecule has 0 radical (unpaired) electrons. The Bertz CT molecular complexity index is 925. The molecule has 29 heavy (non-hydrogen) atoms. The maximum atomic E-state index is 12.8. The zero-order chi connectivity index (χ0) is 20.9. The topological polar surface area (TPSA) is 81.5 Å². The molecule has 7 nitrogen and oxygen atoms in total. The van der Waals surface area contributed by atoms with E-state index in [9.17, 15) is 13.2 Å². The van der Waals surface area contributed by atoms with Crippen molar-refractivity contribution in [3.05, 3.63) is 47.8 Å². The number of methoxy groups -OCH3 is 1. The van der Waals surface area contributed by atoms with Crippen LogP contribution < -0.4 is 0 Å². The Kier molecular flexibility index (Phi) is 7.21. The molecule has 8 heteroatoms. The number of carbonyl (C=O) groups excluding carboxylic acids is 1. The van der Waals surface area contributed by atoms with Gasteiger partial charge in [0.25, 0.3) is 0 Å². The van der Waals surface area contributed by atoms with Gasteiger partial charge < -0.3 is 9.30 Å². The fourth-order valence-corrected chi connectivity index (χ4v) is 4.75. The molecule has 1 atom stereocenters. The predicted molar refractivity (Wildman–Crippen MR) is 111 cm³/mol. The molecule has 0 amide bonds. The monoisotopic (exact) mass is 419 g/mol. The lowest BCUT2D eigenvalue weighted by molar-refractivity contribution is 0.0808. The number of piperidine rings is 1. The van der Waals surface area contributed by atoms with Gasteiger partial charge >= 0.3 is 0 Å². The van der Waals surface area contributed by atoms with E-state index in [0.717, 1.165) is 30.6 Å². The van der Waals surface area contributed by atoms with Crippen LogP contribution in [0.25, 0.3) is 0 Å². The van der Waals surface area contributed by atoms with Crippen molar-refractivity contribution in [2.45, 2.75) is 37.5 Å². The van der Waals surface area contributed by atoms with Crippen LogP contribution in [0.5, 0.6) is 0 Å². The van der Waals surface area contributed by atoms with Crippen molar-refractivity contribution < 1.29 is 17.9 Å². The molecule has 0 N–H and O–H groups in total. The van der Waals surface area contributed by atoms with Gasteiger partial charge in [-0.25, -0.2) is 13.4 Å². The highest BCUT2D eigenvalue weighted by molar-refractivity contribution is 7.90. The summed E-state index contributed by atoms with van der Waals surface area (Å²) in [7, 11) is -1.78. The highest BCUT2D eigenvalue weighted by atomic mass is 32.2. The smallest absolute Gasteiger partial charge is 0.227 e. The number of nitrogens with zero attached hydrogens (tertiary/aromatic N) is 3. The summed E-state index contributed by atoms with van der Waals surface area (Å²) in [6.07, 6.45) is 5.36. The minimum Gasteiger partial charge on any atom is -0.385 e. The highest BCUT2D eigenvalue weighted by Crippen LogP contribution is 2.23. The van der Waals surface area contributed by atoms with E-state index in [4.69, 9.17) is 4.74 Å². The van der Waals surface area contributed by atoms with Crippen LogP contribution in [0.3, 0.4) is 0 Å². The number of likely N-dealkylation sites (tertiary alicyclic amines) is 1. The molecule has 0 unspecified atom stereocenters. The maximum absolute atomic E-state index is 12.8. The minimum atomic E-state index is -3.41. The van der Waals surface area contributed by atoms with E-state index < -0.39 is 9.84 Å². The Morgan fingerprint density at radius 3 is 2.72 bits per heavy atom. The molecule has 2 heterocycles. The standard InChI is InChI=1S/C21H29N3O4S/c1-28-13-7-12-24-19(14-22-21(24)29(2,26)27)16-23-11-6-10-18(15-23)20(25)17-8-4-3-5-9-17/h3-5,8-9,14,18H,6-7,10-13,15-16H2,1-2H3/t18-/m0/s1. The van der Waals surface area contributed by atoms with Crippen molar-refractivity contribution in [3.63, 3.8) is 0 Å². The molecule has 0 aliphatic carbocycles.